The number of carbonyl (C=O) groups is 3. The number of anilines is 1. The van der Waals surface area contributed by atoms with Crippen molar-refractivity contribution in [3.8, 4) is 0 Å². The molecule has 1 aromatic carbocycles. The number of hydrogen-bond donors (Lipinski definition) is 1. The van der Waals surface area contributed by atoms with Gasteiger partial charge in [-0.2, -0.15) is 4.99 Å². The fraction of sp³-hybridized carbons (Fsp3) is 0.417. The minimum atomic E-state index is -4.09. The summed E-state index contributed by atoms with van der Waals surface area (Å²) < 4.78 is 32.8. The lowest BCUT2D eigenvalue weighted by atomic mass is 10.1. The molecular weight excluding hydrogens is 522 g/mol. The van der Waals surface area contributed by atoms with Crippen molar-refractivity contribution < 1.29 is 27.5 Å². The lowest BCUT2D eigenvalue weighted by Gasteiger charge is -2.07. The Bertz CT molecular complexity index is 1530. The van der Waals surface area contributed by atoms with E-state index in [2.05, 4.69) is 10.3 Å². The third-order valence-electron chi connectivity index (χ3n) is 5.94. The highest BCUT2D eigenvalue weighted by Gasteiger charge is 2.28. The van der Waals surface area contributed by atoms with E-state index in [0.29, 0.717) is 16.8 Å². The van der Waals surface area contributed by atoms with Crippen molar-refractivity contribution in [2.45, 2.75) is 39.0 Å². The number of methoxy groups -OCH3 is 1. The fourth-order valence-electron chi connectivity index (χ4n) is 4.24. The Morgan fingerprint density at radius 3 is 2.61 bits per heavy atom. The highest BCUT2D eigenvalue weighted by atomic mass is 32.2. The monoisotopic (exact) mass is 549 g/mol. The lowest BCUT2D eigenvalue weighted by Crippen LogP contribution is -2.28. The van der Waals surface area contributed by atoms with Crippen LogP contribution in [-0.4, -0.2) is 49.4 Å². The minimum Gasteiger partial charge on any atom is -0.465 e. The smallest absolute Gasteiger partial charge is 0.341 e. The number of benzene rings is 1. The maximum absolute atomic E-state index is 12.6. The van der Waals surface area contributed by atoms with Crippen LogP contribution in [0.4, 0.5) is 5.00 Å². The first-order valence-corrected chi connectivity index (χ1v) is 14.9. The van der Waals surface area contributed by atoms with Gasteiger partial charge in [0.2, 0.25) is 5.91 Å². The molecule has 3 aromatic rings. The Morgan fingerprint density at radius 2 is 1.86 bits per heavy atom. The molecule has 2 heterocycles. The van der Waals surface area contributed by atoms with Crippen LogP contribution < -0.4 is 10.1 Å². The largest absolute Gasteiger partial charge is 0.465 e. The first-order chi connectivity index (χ1) is 17.1. The van der Waals surface area contributed by atoms with Gasteiger partial charge in [-0.15, -0.1) is 11.3 Å². The molecule has 1 N–H and O–H groups in total. The number of ether oxygens (including phenoxy) is 1. The first-order valence-electron chi connectivity index (χ1n) is 11.4. The number of nitrogens with zero attached hydrogens (tertiary/aromatic N) is 2. The molecule has 36 heavy (non-hydrogen) atoms. The molecule has 0 atom stereocenters. The molecule has 1 aliphatic carbocycles. The number of fused-ring (bicyclic) bond motifs is 2. The van der Waals surface area contributed by atoms with Gasteiger partial charge in [-0.25, -0.2) is 13.2 Å². The van der Waals surface area contributed by atoms with E-state index in [9.17, 15) is 22.8 Å². The number of amides is 2. The number of rotatable bonds is 6. The number of thiophene rings is 1. The van der Waals surface area contributed by atoms with Gasteiger partial charge in [0, 0.05) is 11.9 Å². The molecule has 0 unspecified atom stereocenters. The molecular formula is C24H27N3O6S3. The van der Waals surface area contributed by atoms with Crippen LogP contribution >= 0.6 is 22.7 Å². The summed E-state index contributed by atoms with van der Waals surface area (Å²) in [6, 6.07) is 5.83. The molecule has 0 saturated carbocycles. The molecule has 9 nitrogen and oxygen atoms in total. The van der Waals surface area contributed by atoms with Gasteiger partial charge in [0.25, 0.3) is 5.91 Å². The Labute approximate surface area is 216 Å². The molecule has 192 valence electrons. The molecule has 0 aliphatic heterocycles. The minimum absolute atomic E-state index is 0.289. The predicted octanol–water partition coefficient (Wildman–Crippen LogP) is 3.15. The van der Waals surface area contributed by atoms with E-state index in [1.807, 2.05) is 25.1 Å². The van der Waals surface area contributed by atoms with Crippen LogP contribution in [0, 0.1) is 6.92 Å². The predicted molar refractivity (Wildman–Crippen MR) is 140 cm³/mol. The van der Waals surface area contributed by atoms with Gasteiger partial charge in [0.15, 0.2) is 14.6 Å². The summed E-state index contributed by atoms with van der Waals surface area (Å²) in [6.45, 7) is 1.96. The van der Waals surface area contributed by atoms with Crippen molar-refractivity contribution in [3.05, 3.63) is 44.6 Å². The summed E-state index contributed by atoms with van der Waals surface area (Å²) in [5, 5.41) is 2.86. The van der Waals surface area contributed by atoms with Gasteiger partial charge >= 0.3 is 5.97 Å². The van der Waals surface area contributed by atoms with Crippen molar-refractivity contribution in [2.24, 2.45) is 12.0 Å². The molecule has 0 spiro atoms. The topological polar surface area (TPSA) is 124 Å². The van der Waals surface area contributed by atoms with Crippen LogP contribution in [0.1, 0.15) is 45.6 Å². The highest BCUT2D eigenvalue weighted by molar-refractivity contribution is 7.92. The first kappa shape index (κ1) is 26.2. The second-order valence-corrected chi connectivity index (χ2v) is 12.9. The number of esters is 1. The van der Waals surface area contributed by atoms with Gasteiger partial charge in [-0.05, 0) is 55.9 Å². The van der Waals surface area contributed by atoms with E-state index in [4.69, 9.17) is 4.74 Å². The number of hydrogen-bond acceptors (Lipinski definition) is 8. The molecule has 12 heteroatoms. The average molecular weight is 550 g/mol. The van der Waals surface area contributed by atoms with E-state index in [-0.39, 0.29) is 5.00 Å². The van der Waals surface area contributed by atoms with Crippen molar-refractivity contribution in [2.75, 3.05) is 23.9 Å². The van der Waals surface area contributed by atoms with E-state index in [1.165, 1.54) is 29.8 Å². The van der Waals surface area contributed by atoms with Gasteiger partial charge in [-0.3, -0.25) is 9.59 Å². The van der Waals surface area contributed by atoms with Crippen molar-refractivity contribution in [1.29, 1.82) is 0 Å². The zero-order valence-electron chi connectivity index (χ0n) is 20.3. The van der Waals surface area contributed by atoms with E-state index in [1.54, 1.807) is 11.6 Å². The number of carbonyl (C=O) groups excluding carboxylic acids is 3. The second kappa shape index (κ2) is 10.7. The SMILES string of the molecule is COC(=O)c1c(NC(=O)CS(=O)(=O)CC(=O)N=c2sc3cc(C)ccc3n2C)sc2c1CCCCC2. The van der Waals surface area contributed by atoms with Crippen molar-refractivity contribution in [3.63, 3.8) is 0 Å². The van der Waals surface area contributed by atoms with Crippen molar-refractivity contribution >= 4 is 65.5 Å². The second-order valence-electron chi connectivity index (χ2n) is 8.76. The zero-order valence-corrected chi connectivity index (χ0v) is 22.7. The summed E-state index contributed by atoms with van der Waals surface area (Å²) in [6.07, 6.45) is 4.47. The summed E-state index contributed by atoms with van der Waals surface area (Å²) in [7, 11) is -1.06. The van der Waals surface area contributed by atoms with E-state index >= 15 is 0 Å². The van der Waals surface area contributed by atoms with Crippen LogP contribution in [0.5, 0.6) is 0 Å². The number of aromatic nitrogens is 1. The summed E-state index contributed by atoms with van der Waals surface area (Å²) in [5.41, 5.74) is 3.11. The molecule has 1 aliphatic rings. The van der Waals surface area contributed by atoms with Crippen LogP contribution in [0.3, 0.4) is 0 Å². The molecule has 0 saturated heterocycles. The van der Waals surface area contributed by atoms with Gasteiger partial charge < -0.3 is 14.6 Å². The van der Waals surface area contributed by atoms with E-state index in [0.717, 1.165) is 51.9 Å². The van der Waals surface area contributed by atoms with E-state index < -0.39 is 39.1 Å². The Kier molecular flexibility index (Phi) is 7.76. The Hall–Kier alpha value is -2.83. The average Bonchev–Trinajstić information content (AvgIpc) is 3.17. The Balaban J connectivity index is 1.49. The maximum Gasteiger partial charge on any atom is 0.341 e. The standard InChI is InChI=1S/C24H27N3O6S3/c1-14-9-10-16-18(11-14)35-24(27(16)2)26-20(29)13-36(31,32)12-19(28)25-22-21(23(30)33-3)15-7-5-4-6-8-17(15)34-22/h9-11H,4-8,12-13H2,1-3H3,(H,25,28). The third kappa shape index (κ3) is 5.76. The van der Waals surface area contributed by atoms with Gasteiger partial charge in [-0.1, -0.05) is 23.8 Å². The van der Waals surface area contributed by atoms with Crippen LogP contribution in [-0.2, 0) is 44.1 Å². The summed E-state index contributed by atoms with van der Waals surface area (Å²) in [4.78, 5) is 42.9. The normalized spacial score (nSPS) is 14.4. The number of thiazole rings is 1. The molecule has 2 amide bonds. The van der Waals surface area contributed by atoms with Gasteiger partial charge in [0.05, 0.1) is 22.9 Å². The summed E-state index contributed by atoms with van der Waals surface area (Å²) in [5.74, 6) is -4.01. The van der Waals surface area contributed by atoms with Crippen LogP contribution in [0.15, 0.2) is 23.2 Å². The number of sulfone groups is 1. The number of nitrogens with one attached hydrogen (secondary N) is 1. The lowest BCUT2D eigenvalue weighted by molar-refractivity contribution is -0.115. The molecule has 2 aromatic heterocycles. The molecule has 0 radical (unpaired) electrons. The third-order valence-corrected chi connectivity index (χ3v) is 9.63. The molecule has 4 rings (SSSR count). The summed E-state index contributed by atoms with van der Waals surface area (Å²) >= 11 is 2.57. The molecule has 0 bridgehead atoms. The zero-order chi connectivity index (χ0) is 26.0. The van der Waals surface area contributed by atoms with Crippen LogP contribution in [0.25, 0.3) is 10.2 Å². The van der Waals surface area contributed by atoms with Crippen molar-refractivity contribution in [1.82, 2.24) is 4.57 Å². The number of aryl methyl sites for hydroxylation is 3. The van der Waals surface area contributed by atoms with Gasteiger partial charge in [0.1, 0.15) is 16.5 Å². The molecule has 0 fully saturated rings. The fourth-order valence-corrected chi connectivity index (χ4v) is 7.68. The Morgan fingerprint density at radius 1 is 1.11 bits per heavy atom. The maximum atomic E-state index is 12.6. The van der Waals surface area contributed by atoms with Crippen LogP contribution in [0.2, 0.25) is 0 Å². The quantitative estimate of drug-likeness (QED) is 0.372. The highest BCUT2D eigenvalue weighted by Crippen LogP contribution is 2.38.